The molecule has 1 N–H and O–H groups in total. The number of aliphatic carboxylic acids is 1. The summed E-state index contributed by atoms with van der Waals surface area (Å²) in [6, 6.07) is 0. The average molecular weight is 272 g/mol. The Hall–Kier alpha value is -0.860. The SMILES string of the molecule is CCC(=O)CC(C)CC.CCCCCCCC(=O)O. The van der Waals surface area contributed by atoms with Gasteiger partial charge in [-0.3, -0.25) is 9.59 Å². The van der Waals surface area contributed by atoms with Gasteiger partial charge in [-0.1, -0.05) is 59.8 Å². The van der Waals surface area contributed by atoms with Gasteiger partial charge < -0.3 is 5.11 Å². The van der Waals surface area contributed by atoms with Crippen LogP contribution >= 0.6 is 0 Å². The molecule has 0 aliphatic carbocycles. The average Bonchev–Trinajstić information content (AvgIpc) is 2.38. The second kappa shape index (κ2) is 15.2. The third-order valence-electron chi connectivity index (χ3n) is 3.16. The summed E-state index contributed by atoms with van der Waals surface area (Å²) in [6.07, 6.45) is 8.47. The molecular formula is C16H32O3. The molecule has 114 valence electrons. The third kappa shape index (κ3) is 19.7. The monoisotopic (exact) mass is 272 g/mol. The molecule has 0 heterocycles. The maximum Gasteiger partial charge on any atom is 0.303 e. The van der Waals surface area contributed by atoms with Crippen molar-refractivity contribution < 1.29 is 14.7 Å². The van der Waals surface area contributed by atoms with Crippen molar-refractivity contribution in [1.29, 1.82) is 0 Å². The van der Waals surface area contributed by atoms with Crippen LogP contribution in [0.4, 0.5) is 0 Å². The van der Waals surface area contributed by atoms with Gasteiger partial charge in [0.25, 0.3) is 0 Å². The second-order valence-electron chi connectivity index (χ2n) is 5.17. The van der Waals surface area contributed by atoms with E-state index in [1.54, 1.807) is 0 Å². The summed E-state index contributed by atoms with van der Waals surface area (Å²) < 4.78 is 0. The van der Waals surface area contributed by atoms with Crippen LogP contribution in [-0.4, -0.2) is 16.9 Å². The van der Waals surface area contributed by atoms with Crippen molar-refractivity contribution in [3.8, 4) is 0 Å². The van der Waals surface area contributed by atoms with Gasteiger partial charge in [-0.05, 0) is 12.3 Å². The fourth-order valence-corrected chi connectivity index (χ4v) is 1.56. The number of carbonyl (C=O) groups is 2. The zero-order valence-corrected chi connectivity index (χ0v) is 13.2. The maximum atomic E-state index is 10.8. The molecule has 19 heavy (non-hydrogen) atoms. The summed E-state index contributed by atoms with van der Waals surface area (Å²) in [5, 5.41) is 8.27. The molecule has 3 nitrogen and oxygen atoms in total. The molecule has 0 spiro atoms. The Morgan fingerprint density at radius 2 is 1.58 bits per heavy atom. The molecule has 1 atom stereocenters. The first-order valence-corrected chi connectivity index (χ1v) is 7.71. The van der Waals surface area contributed by atoms with Crippen molar-refractivity contribution >= 4 is 11.8 Å². The molecule has 0 saturated heterocycles. The Morgan fingerprint density at radius 3 is 2.00 bits per heavy atom. The van der Waals surface area contributed by atoms with Gasteiger partial charge >= 0.3 is 5.97 Å². The number of unbranched alkanes of at least 4 members (excludes halogenated alkanes) is 4. The lowest BCUT2D eigenvalue weighted by molar-refractivity contribution is -0.137. The minimum Gasteiger partial charge on any atom is -0.481 e. The molecule has 0 radical (unpaired) electrons. The molecule has 0 aromatic heterocycles. The van der Waals surface area contributed by atoms with Crippen LogP contribution < -0.4 is 0 Å². The van der Waals surface area contributed by atoms with Crippen molar-refractivity contribution in [2.75, 3.05) is 0 Å². The topological polar surface area (TPSA) is 54.4 Å². The normalized spacial score (nSPS) is 11.4. The molecule has 0 saturated carbocycles. The fourth-order valence-electron chi connectivity index (χ4n) is 1.56. The van der Waals surface area contributed by atoms with E-state index in [1.165, 1.54) is 19.3 Å². The highest BCUT2D eigenvalue weighted by Gasteiger charge is 2.03. The van der Waals surface area contributed by atoms with E-state index >= 15 is 0 Å². The van der Waals surface area contributed by atoms with Gasteiger partial charge in [0.05, 0.1) is 0 Å². The predicted octanol–water partition coefficient (Wildman–Crippen LogP) is 4.83. The first-order chi connectivity index (χ1) is 8.97. The number of rotatable bonds is 10. The van der Waals surface area contributed by atoms with Crippen molar-refractivity contribution in [2.45, 2.75) is 85.5 Å². The van der Waals surface area contributed by atoms with Crippen LogP contribution in [0, 0.1) is 5.92 Å². The minimum atomic E-state index is -0.670. The van der Waals surface area contributed by atoms with Crippen molar-refractivity contribution in [3.63, 3.8) is 0 Å². The van der Waals surface area contributed by atoms with E-state index in [1.807, 2.05) is 6.92 Å². The van der Waals surface area contributed by atoms with Crippen LogP contribution in [0.15, 0.2) is 0 Å². The number of Topliss-reactive ketones (excluding diaryl/α,β-unsaturated/α-hetero) is 1. The quantitative estimate of drug-likeness (QED) is 0.579. The van der Waals surface area contributed by atoms with E-state index in [4.69, 9.17) is 5.11 Å². The van der Waals surface area contributed by atoms with Crippen LogP contribution in [0.1, 0.15) is 85.5 Å². The zero-order valence-electron chi connectivity index (χ0n) is 13.2. The zero-order chi connectivity index (χ0) is 15.1. The van der Waals surface area contributed by atoms with Gasteiger partial charge in [0, 0.05) is 19.3 Å². The molecule has 0 aliphatic heterocycles. The van der Waals surface area contributed by atoms with Crippen molar-refractivity contribution in [3.05, 3.63) is 0 Å². The largest absolute Gasteiger partial charge is 0.481 e. The van der Waals surface area contributed by atoms with Gasteiger partial charge in [-0.2, -0.15) is 0 Å². The maximum absolute atomic E-state index is 10.8. The van der Waals surface area contributed by atoms with E-state index < -0.39 is 5.97 Å². The molecule has 3 heteroatoms. The molecule has 1 unspecified atom stereocenters. The second-order valence-corrected chi connectivity index (χ2v) is 5.17. The lowest BCUT2D eigenvalue weighted by Gasteiger charge is -2.03. The Kier molecular flexibility index (Phi) is 16.4. The van der Waals surface area contributed by atoms with Crippen LogP contribution in [0.25, 0.3) is 0 Å². The first kappa shape index (κ1) is 20.5. The van der Waals surface area contributed by atoms with Crippen LogP contribution in [0.5, 0.6) is 0 Å². The molecule has 0 fully saturated rings. The van der Waals surface area contributed by atoms with Crippen LogP contribution in [0.2, 0.25) is 0 Å². The van der Waals surface area contributed by atoms with Gasteiger partial charge in [-0.25, -0.2) is 0 Å². The van der Waals surface area contributed by atoms with Gasteiger partial charge in [0.1, 0.15) is 5.78 Å². The van der Waals surface area contributed by atoms with Gasteiger partial charge in [-0.15, -0.1) is 0 Å². The lowest BCUT2D eigenvalue weighted by Crippen LogP contribution is -2.02. The van der Waals surface area contributed by atoms with E-state index in [2.05, 4.69) is 20.8 Å². The molecule has 0 bridgehead atoms. The molecule has 0 rings (SSSR count). The summed E-state index contributed by atoms with van der Waals surface area (Å²) in [7, 11) is 0. The smallest absolute Gasteiger partial charge is 0.303 e. The standard InChI is InChI=1S/C8H16O2.C8H16O/c1-2-3-4-5-6-7-8(9)10;1-4-7(3)6-8(9)5-2/h2-7H2,1H3,(H,9,10);7H,4-6H2,1-3H3. The van der Waals surface area contributed by atoms with E-state index in [9.17, 15) is 9.59 Å². The number of hydrogen-bond acceptors (Lipinski definition) is 2. The minimum absolute atomic E-state index is 0.337. The summed E-state index contributed by atoms with van der Waals surface area (Å²) in [5.41, 5.74) is 0. The number of carboxylic acids is 1. The lowest BCUT2D eigenvalue weighted by atomic mass is 10.0. The Morgan fingerprint density at radius 1 is 1.00 bits per heavy atom. The third-order valence-corrected chi connectivity index (χ3v) is 3.16. The number of hydrogen-bond donors (Lipinski definition) is 1. The van der Waals surface area contributed by atoms with Gasteiger partial charge in [0.2, 0.25) is 0 Å². The van der Waals surface area contributed by atoms with Gasteiger partial charge in [0.15, 0.2) is 0 Å². The number of carboxylic acid groups (broad SMARTS) is 1. The Labute approximate surface area is 118 Å². The Balaban J connectivity index is 0. The molecular weight excluding hydrogens is 240 g/mol. The highest BCUT2D eigenvalue weighted by Crippen LogP contribution is 2.07. The van der Waals surface area contributed by atoms with E-state index in [0.29, 0.717) is 24.5 Å². The number of ketones is 1. The van der Waals surface area contributed by atoms with Crippen LogP contribution in [0.3, 0.4) is 0 Å². The molecule has 0 aromatic carbocycles. The summed E-state index contributed by atoms with van der Waals surface area (Å²) in [6.45, 7) is 8.31. The summed E-state index contributed by atoms with van der Waals surface area (Å²) >= 11 is 0. The molecule has 0 amide bonds. The van der Waals surface area contributed by atoms with E-state index in [0.717, 1.165) is 25.7 Å². The highest BCUT2D eigenvalue weighted by molar-refractivity contribution is 5.78. The number of carbonyl (C=O) groups excluding carboxylic acids is 1. The van der Waals surface area contributed by atoms with E-state index in [-0.39, 0.29) is 0 Å². The first-order valence-electron chi connectivity index (χ1n) is 7.71. The fraction of sp³-hybridized carbons (Fsp3) is 0.875. The Bertz CT molecular complexity index is 224. The van der Waals surface area contributed by atoms with Crippen molar-refractivity contribution in [2.24, 2.45) is 5.92 Å². The predicted molar refractivity (Wildman–Crippen MR) is 80.4 cm³/mol. The molecule has 0 aromatic rings. The summed E-state index contributed by atoms with van der Waals surface area (Å²) in [4.78, 5) is 20.8. The summed E-state index contributed by atoms with van der Waals surface area (Å²) in [5.74, 6) is 0.304. The molecule has 0 aliphatic rings. The van der Waals surface area contributed by atoms with Crippen molar-refractivity contribution in [1.82, 2.24) is 0 Å². The van der Waals surface area contributed by atoms with Crippen LogP contribution in [-0.2, 0) is 9.59 Å². The highest BCUT2D eigenvalue weighted by atomic mass is 16.4.